The van der Waals surface area contributed by atoms with Crippen molar-refractivity contribution in [3.05, 3.63) is 29.3 Å². The SMILES string of the molecule is COCc1ccc(C)c(S)c1. The fourth-order valence-corrected chi connectivity index (χ4v) is 1.15. The molecule has 2 heteroatoms. The second-order valence-corrected chi connectivity index (χ2v) is 3.04. The second-order valence-electron chi connectivity index (χ2n) is 2.55. The third-order valence-corrected chi connectivity index (χ3v) is 2.07. The van der Waals surface area contributed by atoms with E-state index in [0.717, 1.165) is 4.90 Å². The maximum Gasteiger partial charge on any atom is 0.0713 e. The molecular weight excluding hydrogens is 156 g/mol. The van der Waals surface area contributed by atoms with Crippen molar-refractivity contribution in [3.63, 3.8) is 0 Å². The molecule has 0 heterocycles. The van der Waals surface area contributed by atoms with Crippen LogP contribution in [-0.4, -0.2) is 7.11 Å². The van der Waals surface area contributed by atoms with Crippen molar-refractivity contribution in [1.29, 1.82) is 0 Å². The Bertz CT molecular complexity index is 245. The van der Waals surface area contributed by atoms with E-state index in [1.807, 2.05) is 13.0 Å². The van der Waals surface area contributed by atoms with E-state index in [1.165, 1.54) is 11.1 Å². The zero-order valence-electron chi connectivity index (χ0n) is 6.79. The molecule has 0 saturated carbocycles. The number of aryl methyl sites for hydroxylation is 1. The summed E-state index contributed by atoms with van der Waals surface area (Å²) in [5.41, 5.74) is 2.37. The van der Waals surface area contributed by atoms with Crippen molar-refractivity contribution < 1.29 is 4.74 Å². The molecule has 0 N–H and O–H groups in total. The molecule has 0 aliphatic rings. The van der Waals surface area contributed by atoms with Crippen LogP contribution < -0.4 is 0 Å². The maximum atomic E-state index is 4.99. The Balaban J connectivity index is 2.86. The highest BCUT2D eigenvalue weighted by Crippen LogP contribution is 2.14. The van der Waals surface area contributed by atoms with Crippen LogP contribution in [-0.2, 0) is 11.3 Å². The predicted molar refractivity (Wildman–Crippen MR) is 49.1 cm³/mol. The molecular formula is C9H12OS. The molecule has 0 amide bonds. The maximum absolute atomic E-state index is 4.99. The van der Waals surface area contributed by atoms with Crippen molar-refractivity contribution in [2.24, 2.45) is 0 Å². The molecule has 0 radical (unpaired) electrons. The molecule has 1 nitrogen and oxygen atoms in total. The van der Waals surface area contributed by atoms with Gasteiger partial charge in [0.25, 0.3) is 0 Å². The molecule has 0 unspecified atom stereocenters. The normalized spacial score (nSPS) is 10.1. The summed E-state index contributed by atoms with van der Waals surface area (Å²) in [5.74, 6) is 0. The van der Waals surface area contributed by atoms with Gasteiger partial charge in [0.2, 0.25) is 0 Å². The highest BCUT2D eigenvalue weighted by atomic mass is 32.1. The molecule has 0 bridgehead atoms. The van der Waals surface area contributed by atoms with Gasteiger partial charge in [-0.25, -0.2) is 0 Å². The van der Waals surface area contributed by atoms with Crippen molar-refractivity contribution in [3.8, 4) is 0 Å². The van der Waals surface area contributed by atoms with E-state index in [1.54, 1.807) is 7.11 Å². The highest BCUT2D eigenvalue weighted by molar-refractivity contribution is 7.80. The summed E-state index contributed by atoms with van der Waals surface area (Å²) in [5, 5.41) is 0. The van der Waals surface area contributed by atoms with Gasteiger partial charge < -0.3 is 4.74 Å². The number of ether oxygens (including phenoxy) is 1. The molecule has 0 aromatic heterocycles. The smallest absolute Gasteiger partial charge is 0.0713 e. The molecule has 60 valence electrons. The molecule has 1 rings (SSSR count). The van der Waals surface area contributed by atoms with Crippen LogP contribution >= 0.6 is 12.6 Å². The largest absolute Gasteiger partial charge is 0.380 e. The fraction of sp³-hybridized carbons (Fsp3) is 0.333. The van der Waals surface area contributed by atoms with E-state index in [-0.39, 0.29) is 0 Å². The summed E-state index contributed by atoms with van der Waals surface area (Å²) < 4.78 is 4.99. The molecule has 0 fully saturated rings. The predicted octanol–water partition coefficient (Wildman–Crippen LogP) is 2.43. The van der Waals surface area contributed by atoms with E-state index in [9.17, 15) is 0 Å². The van der Waals surface area contributed by atoms with E-state index >= 15 is 0 Å². The number of methoxy groups -OCH3 is 1. The Labute approximate surface area is 72.8 Å². The van der Waals surface area contributed by atoms with Crippen LogP contribution in [0.15, 0.2) is 23.1 Å². The minimum Gasteiger partial charge on any atom is -0.380 e. The van der Waals surface area contributed by atoms with Gasteiger partial charge in [0, 0.05) is 12.0 Å². The summed E-state index contributed by atoms with van der Waals surface area (Å²) in [6, 6.07) is 6.14. The lowest BCUT2D eigenvalue weighted by Crippen LogP contribution is -1.87. The number of benzene rings is 1. The van der Waals surface area contributed by atoms with Gasteiger partial charge in [0.1, 0.15) is 0 Å². The van der Waals surface area contributed by atoms with Gasteiger partial charge >= 0.3 is 0 Å². The number of hydrogen-bond acceptors (Lipinski definition) is 2. The lowest BCUT2D eigenvalue weighted by Gasteiger charge is -2.02. The van der Waals surface area contributed by atoms with Crippen molar-refractivity contribution in [2.75, 3.05) is 7.11 Å². The average molecular weight is 168 g/mol. The number of rotatable bonds is 2. The molecule has 0 aliphatic heterocycles. The van der Waals surface area contributed by atoms with Crippen LogP contribution in [0.3, 0.4) is 0 Å². The minimum atomic E-state index is 0.661. The minimum absolute atomic E-state index is 0.661. The third-order valence-electron chi connectivity index (χ3n) is 1.58. The topological polar surface area (TPSA) is 9.23 Å². The first-order valence-corrected chi connectivity index (χ1v) is 3.96. The average Bonchev–Trinajstić information content (AvgIpc) is 1.98. The zero-order chi connectivity index (χ0) is 8.27. The first kappa shape index (κ1) is 8.62. The van der Waals surface area contributed by atoms with Gasteiger partial charge in [0.05, 0.1) is 6.61 Å². The van der Waals surface area contributed by atoms with E-state index < -0.39 is 0 Å². The summed E-state index contributed by atoms with van der Waals surface area (Å²) in [7, 11) is 1.69. The van der Waals surface area contributed by atoms with E-state index in [2.05, 4.69) is 24.8 Å². The van der Waals surface area contributed by atoms with Crippen molar-refractivity contribution in [1.82, 2.24) is 0 Å². The Hall–Kier alpha value is -0.470. The molecule has 0 saturated heterocycles. The Kier molecular flexibility index (Phi) is 2.97. The summed E-state index contributed by atoms with van der Waals surface area (Å²) >= 11 is 4.30. The van der Waals surface area contributed by atoms with Gasteiger partial charge in [-0.2, -0.15) is 0 Å². The molecule has 11 heavy (non-hydrogen) atoms. The zero-order valence-corrected chi connectivity index (χ0v) is 7.69. The Morgan fingerprint density at radius 1 is 1.45 bits per heavy atom. The monoisotopic (exact) mass is 168 g/mol. The number of thiol groups is 1. The second kappa shape index (κ2) is 3.79. The first-order valence-electron chi connectivity index (χ1n) is 3.51. The van der Waals surface area contributed by atoms with Gasteiger partial charge in [0.15, 0.2) is 0 Å². The van der Waals surface area contributed by atoms with Crippen LogP contribution in [0.5, 0.6) is 0 Å². The van der Waals surface area contributed by atoms with Gasteiger partial charge in [-0.15, -0.1) is 12.6 Å². The lowest BCUT2D eigenvalue weighted by molar-refractivity contribution is 0.184. The van der Waals surface area contributed by atoms with Crippen molar-refractivity contribution >= 4 is 12.6 Å². The quantitative estimate of drug-likeness (QED) is 0.667. The van der Waals surface area contributed by atoms with E-state index in [0.29, 0.717) is 6.61 Å². The van der Waals surface area contributed by atoms with Crippen LogP contribution in [0.1, 0.15) is 11.1 Å². The summed E-state index contributed by atoms with van der Waals surface area (Å²) in [4.78, 5) is 1.03. The molecule has 0 atom stereocenters. The molecule has 1 aromatic carbocycles. The standard InChI is InChI=1S/C9H12OS/c1-7-3-4-8(6-10-2)5-9(7)11/h3-5,11H,6H2,1-2H3. The Morgan fingerprint density at radius 2 is 2.18 bits per heavy atom. The molecule has 1 aromatic rings. The number of hydrogen-bond donors (Lipinski definition) is 1. The fourth-order valence-electron chi connectivity index (χ4n) is 0.911. The molecule has 0 spiro atoms. The van der Waals surface area contributed by atoms with Crippen molar-refractivity contribution in [2.45, 2.75) is 18.4 Å². The van der Waals surface area contributed by atoms with Crippen LogP contribution in [0, 0.1) is 6.92 Å². The first-order chi connectivity index (χ1) is 5.24. The lowest BCUT2D eigenvalue weighted by atomic mass is 10.2. The third kappa shape index (κ3) is 2.24. The summed E-state index contributed by atoms with van der Waals surface area (Å²) in [6.45, 7) is 2.70. The van der Waals surface area contributed by atoms with Gasteiger partial charge in [-0.3, -0.25) is 0 Å². The highest BCUT2D eigenvalue weighted by Gasteiger charge is 1.95. The van der Waals surface area contributed by atoms with Crippen LogP contribution in [0.25, 0.3) is 0 Å². The van der Waals surface area contributed by atoms with Crippen LogP contribution in [0.4, 0.5) is 0 Å². The van der Waals surface area contributed by atoms with Crippen LogP contribution in [0.2, 0.25) is 0 Å². The summed E-state index contributed by atoms with van der Waals surface area (Å²) in [6.07, 6.45) is 0. The Morgan fingerprint density at radius 3 is 2.73 bits per heavy atom. The molecule has 0 aliphatic carbocycles. The van der Waals surface area contributed by atoms with E-state index in [4.69, 9.17) is 4.74 Å². The van der Waals surface area contributed by atoms with Gasteiger partial charge in [-0.1, -0.05) is 12.1 Å². The van der Waals surface area contributed by atoms with Gasteiger partial charge in [-0.05, 0) is 24.1 Å².